The molecule has 11 heteroatoms. The Morgan fingerprint density at radius 3 is 2.33 bits per heavy atom. The van der Waals surface area contributed by atoms with Crippen molar-refractivity contribution in [2.75, 3.05) is 18.0 Å². The van der Waals surface area contributed by atoms with E-state index in [1.165, 1.54) is 11.1 Å². The minimum absolute atomic E-state index is 0.0306. The Kier molecular flexibility index (Phi) is 13.0. The maximum absolute atomic E-state index is 12.3. The summed E-state index contributed by atoms with van der Waals surface area (Å²) >= 11 is 5.82. The van der Waals surface area contributed by atoms with Crippen LogP contribution in [0.5, 0.6) is 5.75 Å². The van der Waals surface area contributed by atoms with Crippen LogP contribution in [0.4, 0.5) is 11.6 Å². The highest BCUT2D eigenvalue weighted by atomic mass is 35.5. The zero-order valence-electron chi connectivity index (χ0n) is 25.0. The number of unbranched alkanes of at least 4 members (excludes halogenated alkanes) is 1. The van der Waals surface area contributed by atoms with Crippen LogP contribution in [-0.4, -0.2) is 38.6 Å². The van der Waals surface area contributed by atoms with E-state index in [-0.39, 0.29) is 28.4 Å². The van der Waals surface area contributed by atoms with Crippen LogP contribution in [0.25, 0.3) is 0 Å². The summed E-state index contributed by atoms with van der Waals surface area (Å²) in [5, 5.41) is 22.8. The number of aromatic nitrogens is 2. The lowest BCUT2D eigenvalue weighted by molar-refractivity contribution is 0.0972. The summed E-state index contributed by atoms with van der Waals surface area (Å²) in [6.07, 6.45) is 7.86. The number of carbonyl (C=O) groups excluding carboxylic acids is 1. The number of phenols is 1. The van der Waals surface area contributed by atoms with E-state index in [2.05, 4.69) is 51.5 Å². The number of hydrogen-bond acceptors (Lipinski definition) is 8. The van der Waals surface area contributed by atoms with Crippen LogP contribution < -0.4 is 22.5 Å². The van der Waals surface area contributed by atoms with Crippen LogP contribution in [0.15, 0.2) is 47.5 Å². The molecule has 2 atom stereocenters. The summed E-state index contributed by atoms with van der Waals surface area (Å²) in [4.78, 5) is 24.1. The molecule has 1 aromatic heterocycles. The van der Waals surface area contributed by atoms with Crippen LogP contribution in [0.2, 0.25) is 5.15 Å². The van der Waals surface area contributed by atoms with E-state index in [0.717, 1.165) is 68.9 Å². The standard InChI is InChI=1S/C32H44ClN7O3/c1-3-23-19-24(15-17-25(23)41)26(42)16-10-20(2)7-6-9-22-13-11-21(12-14-22)8-4-5-18-37-32(36)40-31(43)27-29(34)39-30(35)28(33)38-27/h11-15,17,19-20,26,41-42H,3-10,16,18H2,1-2H3,(H4,34,35,39)(H3,36,37,40,43)/t20?,26-/m0/s1. The van der Waals surface area contributed by atoms with Gasteiger partial charge < -0.3 is 27.4 Å². The van der Waals surface area contributed by atoms with E-state index in [0.29, 0.717) is 18.2 Å². The number of benzene rings is 2. The topological polar surface area (TPSA) is 186 Å². The zero-order chi connectivity index (χ0) is 31.4. The van der Waals surface area contributed by atoms with Crippen molar-refractivity contribution in [2.45, 2.75) is 77.7 Å². The molecule has 9 N–H and O–H groups in total. The number of nitrogens with two attached hydrogens (primary N) is 3. The Labute approximate surface area is 258 Å². The number of rotatable bonds is 15. The lowest BCUT2D eigenvalue weighted by Crippen LogP contribution is -2.38. The molecule has 3 rings (SSSR count). The molecule has 0 saturated heterocycles. The van der Waals surface area contributed by atoms with Gasteiger partial charge in [-0.2, -0.15) is 0 Å². The molecule has 1 heterocycles. The highest BCUT2D eigenvalue weighted by Crippen LogP contribution is 2.27. The van der Waals surface area contributed by atoms with E-state index >= 15 is 0 Å². The number of aromatic hydroxyl groups is 1. The number of phenolic OH excluding ortho intramolecular Hbond substituents is 1. The quantitative estimate of drug-likeness (QED) is 0.0779. The second kappa shape index (κ2) is 16.7. The normalized spacial score (nSPS) is 13.1. The second-order valence-electron chi connectivity index (χ2n) is 11.0. The van der Waals surface area contributed by atoms with Crippen LogP contribution in [-0.2, 0) is 19.3 Å². The minimum Gasteiger partial charge on any atom is -0.508 e. The Balaban J connectivity index is 1.30. The van der Waals surface area contributed by atoms with Crippen LogP contribution >= 0.6 is 11.6 Å². The Bertz CT molecular complexity index is 1380. The number of aryl methyl sites for hydroxylation is 3. The molecule has 0 aliphatic carbocycles. The molecule has 0 aliphatic heterocycles. The number of halogens is 1. The predicted molar refractivity (Wildman–Crippen MR) is 173 cm³/mol. The van der Waals surface area contributed by atoms with E-state index in [1.807, 2.05) is 19.1 Å². The van der Waals surface area contributed by atoms with Gasteiger partial charge in [0.15, 0.2) is 28.4 Å². The number of nitrogen functional groups attached to an aromatic ring is 2. The molecule has 1 amide bonds. The second-order valence-corrected chi connectivity index (χ2v) is 11.3. The van der Waals surface area contributed by atoms with E-state index in [1.54, 1.807) is 6.07 Å². The number of guanidine groups is 1. The Morgan fingerprint density at radius 1 is 0.977 bits per heavy atom. The fourth-order valence-electron chi connectivity index (χ4n) is 4.84. The van der Waals surface area contributed by atoms with Gasteiger partial charge in [0.05, 0.1) is 6.10 Å². The molecule has 0 saturated carbocycles. The van der Waals surface area contributed by atoms with Gasteiger partial charge in [-0.05, 0) is 91.7 Å². The first kappa shape index (κ1) is 33.6. The van der Waals surface area contributed by atoms with Crippen LogP contribution in [0, 0.1) is 5.92 Å². The maximum Gasteiger partial charge on any atom is 0.280 e. The van der Waals surface area contributed by atoms with Crippen molar-refractivity contribution in [3.63, 3.8) is 0 Å². The first-order valence-electron chi connectivity index (χ1n) is 14.8. The van der Waals surface area contributed by atoms with Gasteiger partial charge in [0.25, 0.3) is 5.91 Å². The predicted octanol–water partition coefficient (Wildman–Crippen LogP) is 5.10. The third-order valence-corrected chi connectivity index (χ3v) is 7.78. The van der Waals surface area contributed by atoms with Gasteiger partial charge in [0.1, 0.15) is 5.75 Å². The average molecular weight is 610 g/mol. The zero-order valence-corrected chi connectivity index (χ0v) is 25.8. The summed E-state index contributed by atoms with van der Waals surface area (Å²) in [6, 6.07) is 14.2. The number of anilines is 2. The molecular formula is C32H44ClN7O3. The number of aliphatic hydroxyl groups excluding tert-OH is 1. The monoisotopic (exact) mass is 609 g/mol. The van der Waals surface area contributed by atoms with Crippen molar-refractivity contribution in [2.24, 2.45) is 16.6 Å². The largest absolute Gasteiger partial charge is 0.508 e. The van der Waals surface area contributed by atoms with Gasteiger partial charge in [0, 0.05) is 6.54 Å². The van der Waals surface area contributed by atoms with Gasteiger partial charge in [-0.1, -0.05) is 62.2 Å². The van der Waals surface area contributed by atoms with Crippen LogP contribution in [0.1, 0.15) is 91.2 Å². The summed E-state index contributed by atoms with van der Waals surface area (Å²) in [6.45, 7) is 4.71. The van der Waals surface area contributed by atoms with Crippen molar-refractivity contribution in [3.8, 4) is 5.75 Å². The van der Waals surface area contributed by atoms with Crippen molar-refractivity contribution in [1.29, 1.82) is 0 Å². The molecule has 3 aromatic rings. The lowest BCUT2D eigenvalue weighted by Gasteiger charge is -2.16. The summed E-state index contributed by atoms with van der Waals surface area (Å²) < 4.78 is 0. The maximum atomic E-state index is 12.3. The number of aliphatic hydroxyl groups is 1. The first-order chi connectivity index (χ1) is 20.6. The van der Waals surface area contributed by atoms with Gasteiger partial charge in [-0.15, -0.1) is 0 Å². The van der Waals surface area contributed by atoms with Gasteiger partial charge >= 0.3 is 0 Å². The first-order valence-corrected chi connectivity index (χ1v) is 15.2. The molecule has 0 aliphatic rings. The molecule has 232 valence electrons. The molecular weight excluding hydrogens is 566 g/mol. The smallest absolute Gasteiger partial charge is 0.280 e. The van der Waals surface area contributed by atoms with E-state index in [9.17, 15) is 15.0 Å². The number of carbonyl (C=O) groups is 1. The van der Waals surface area contributed by atoms with Crippen LogP contribution in [0.3, 0.4) is 0 Å². The SMILES string of the molecule is CCc1cc([C@@H](O)CCC(C)CCCc2ccc(CCCCN=C(N)NC(=O)c3nc(Cl)c(N)nc3N)cc2)ccc1O. The lowest BCUT2D eigenvalue weighted by atomic mass is 9.93. The third-order valence-electron chi connectivity index (χ3n) is 7.50. The summed E-state index contributed by atoms with van der Waals surface area (Å²) in [5.74, 6) is -0.0586. The fourth-order valence-corrected chi connectivity index (χ4v) is 4.97. The number of nitrogens with one attached hydrogen (secondary N) is 1. The molecule has 0 radical (unpaired) electrons. The molecule has 2 aromatic carbocycles. The molecule has 43 heavy (non-hydrogen) atoms. The molecule has 1 unspecified atom stereocenters. The fraction of sp³-hybridized carbons (Fsp3) is 0.438. The summed E-state index contributed by atoms with van der Waals surface area (Å²) in [5.41, 5.74) is 21.2. The van der Waals surface area contributed by atoms with Gasteiger partial charge in [0.2, 0.25) is 0 Å². The molecule has 0 spiro atoms. The highest BCUT2D eigenvalue weighted by molar-refractivity contribution is 6.31. The average Bonchev–Trinajstić information content (AvgIpc) is 2.98. The summed E-state index contributed by atoms with van der Waals surface area (Å²) in [7, 11) is 0. The van der Waals surface area contributed by atoms with E-state index < -0.39 is 12.0 Å². The number of hydrogen-bond donors (Lipinski definition) is 6. The number of aliphatic imine (C=N–C) groups is 1. The number of nitrogens with zero attached hydrogens (tertiary/aromatic N) is 3. The van der Waals surface area contributed by atoms with E-state index in [4.69, 9.17) is 28.8 Å². The molecule has 10 nitrogen and oxygen atoms in total. The Hall–Kier alpha value is -3.89. The third kappa shape index (κ3) is 10.7. The highest BCUT2D eigenvalue weighted by Gasteiger charge is 2.17. The van der Waals surface area contributed by atoms with Crippen molar-refractivity contribution in [3.05, 3.63) is 75.6 Å². The van der Waals surface area contributed by atoms with Gasteiger partial charge in [-0.3, -0.25) is 15.1 Å². The Morgan fingerprint density at radius 2 is 1.65 bits per heavy atom. The number of amides is 1. The minimum atomic E-state index is -0.655. The molecule has 0 bridgehead atoms. The van der Waals surface area contributed by atoms with Crippen molar-refractivity contribution in [1.82, 2.24) is 15.3 Å². The van der Waals surface area contributed by atoms with Gasteiger partial charge in [-0.25, -0.2) is 9.97 Å². The molecule has 0 fully saturated rings. The van der Waals surface area contributed by atoms with Crippen molar-refractivity contribution >= 4 is 35.1 Å². The van der Waals surface area contributed by atoms with Crippen molar-refractivity contribution < 1.29 is 15.0 Å².